The molecule has 6 atom stereocenters. The summed E-state index contributed by atoms with van der Waals surface area (Å²) in [5.41, 5.74) is 1.95. The van der Waals surface area contributed by atoms with Crippen molar-refractivity contribution in [2.45, 2.75) is 145 Å². The first-order valence-electron chi connectivity index (χ1n) is 13.5. The van der Waals surface area contributed by atoms with Gasteiger partial charge in [0.15, 0.2) is 0 Å². The first-order chi connectivity index (χ1) is 14.7. The number of alkyl halides is 4. The number of rotatable bonds is 0. The fraction of sp³-hybridized carbons (Fsp3) is 1.00. The van der Waals surface area contributed by atoms with E-state index in [1.54, 1.807) is 0 Å². The minimum absolute atomic E-state index is 0.381. The summed E-state index contributed by atoms with van der Waals surface area (Å²) in [6.45, 7) is 10.8. The van der Waals surface area contributed by atoms with Crippen molar-refractivity contribution in [2.24, 2.45) is 21.7 Å². The second-order valence-corrected chi connectivity index (χ2v) is 24.0. The van der Waals surface area contributed by atoms with E-state index in [4.69, 9.17) is 0 Å². The topological polar surface area (TPSA) is 0 Å². The van der Waals surface area contributed by atoms with E-state index in [0.717, 1.165) is 0 Å². The molecule has 0 amide bonds. The molecule has 0 aliphatic heterocycles. The van der Waals surface area contributed by atoms with Crippen LogP contribution in [0.25, 0.3) is 0 Å². The molecule has 4 saturated carbocycles. The van der Waals surface area contributed by atoms with Gasteiger partial charge < -0.3 is 0 Å². The monoisotopic (exact) mass is 890 g/mol. The highest BCUT2D eigenvalue weighted by Gasteiger charge is 2.71. The van der Waals surface area contributed by atoms with E-state index in [1.165, 1.54) is 109 Å². The molecule has 0 aromatic carbocycles. The van der Waals surface area contributed by atoms with Gasteiger partial charge in [-0.1, -0.05) is 150 Å². The maximum Gasteiger partial charge on any atom is 0.0856 e. The molecule has 0 spiro atoms. The lowest BCUT2D eigenvalue weighted by Gasteiger charge is -2.68. The number of halogens is 4. The second-order valence-electron chi connectivity index (χ2n) is 13.5. The van der Waals surface area contributed by atoms with Gasteiger partial charge in [0, 0.05) is 6.84 Å². The van der Waals surface area contributed by atoms with Crippen LogP contribution in [0.4, 0.5) is 0 Å². The lowest BCUT2D eigenvalue weighted by molar-refractivity contribution is -0.0985. The normalized spacial score (nSPS) is 52.5. The highest BCUT2D eigenvalue weighted by Crippen LogP contribution is 2.79. The van der Waals surface area contributed by atoms with E-state index in [-0.39, 0.29) is 0 Å². The zero-order valence-electron chi connectivity index (χ0n) is 21.0. The Kier molecular flexibility index (Phi) is 8.37. The summed E-state index contributed by atoms with van der Waals surface area (Å²) < 4.78 is 1.32. The minimum Gasteiger partial charge on any atom is -0.0792 e. The van der Waals surface area contributed by atoms with Crippen molar-refractivity contribution < 1.29 is 0 Å². The van der Waals surface area contributed by atoms with E-state index >= 15 is 0 Å². The molecule has 6 unspecified atom stereocenters. The molecule has 0 radical (unpaired) electrons. The molecule has 32 heavy (non-hydrogen) atoms. The van der Waals surface area contributed by atoms with Crippen LogP contribution in [-0.2, 0) is 0 Å². The largest absolute Gasteiger partial charge is 0.0856 e. The molecule has 0 aromatic rings. The lowest BCUT2D eigenvalue weighted by atomic mass is 9.44. The summed E-state index contributed by atoms with van der Waals surface area (Å²) >= 11 is 11.9. The third-order valence-electron chi connectivity index (χ3n) is 11.4. The Morgan fingerprint density at radius 1 is 0.375 bits per heavy atom. The van der Waals surface area contributed by atoms with Gasteiger partial charge in [0.1, 0.15) is 0 Å². The van der Waals surface area contributed by atoms with Gasteiger partial charge in [-0.2, -0.15) is 0 Å². The number of hydrogen-bond acceptors (Lipinski definition) is 0. The molecule has 4 bridgehead atoms. The standard InChI is InChI=1S/C28H46I4/c1-22-10-7-12-25(4,30)21-19-23(2,11-8-13-24(3,29)20-18-22)27-15-6-5-14-26(22,16-9-17-27)28(27,31)32/h5-21H2,1-4H3. The van der Waals surface area contributed by atoms with Crippen molar-refractivity contribution in [1.82, 2.24) is 0 Å². The van der Waals surface area contributed by atoms with Crippen molar-refractivity contribution in [2.75, 3.05) is 0 Å². The Morgan fingerprint density at radius 3 is 1.12 bits per heavy atom. The lowest BCUT2D eigenvalue weighted by Crippen LogP contribution is -2.64. The maximum absolute atomic E-state index is 3.11. The smallest absolute Gasteiger partial charge is 0.0792 e. The second kappa shape index (κ2) is 9.59. The van der Waals surface area contributed by atoms with Crippen molar-refractivity contribution in [3.8, 4) is 0 Å². The molecule has 0 nitrogen and oxygen atoms in total. The predicted molar refractivity (Wildman–Crippen MR) is 175 cm³/mol. The molecule has 4 rings (SSSR count). The van der Waals surface area contributed by atoms with E-state index in [0.29, 0.717) is 29.9 Å². The van der Waals surface area contributed by atoms with Crippen LogP contribution >= 0.6 is 90.4 Å². The molecule has 0 saturated heterocycles. The van der Waals surface area contributed by atoms with Crippen molar-refractivity contribution >= 4 is 90.4 Å². The van der Waals surface area contributed by atoms with Gasteiger partial charge in [-0.3, -0.25) is 0 Å². The Balaban J connectivity index is 1.98. The predicted octanol–water partition coefficient (Wildman–Crippen LogP) is 11.6. The first-order valence-corrected chi connectivity index (χ1v) is 17.8. The van der Waals surface area contributed by atoms with Gasteiger partial charge >= 0.3 is 0 Å². The third-order valence-corrected chi connectivity index (χ3v) is 17.7. The fourth-order valence-electron chi connectivity index (χ4n) is 9.07. The first kappa shape index (κ1) is 27.9. The Hall–Kier alpha value is 2.92. The van der Waals surface area contributed by atoms with Crippen molar-refractivity contribution in [1.29, 1.82) is 0 Å². The zero-order valence-corrected chi connectivity index (χ0v) is 29.7. The van der Waals surface area contributed by atoms with E-state index in [9.17, 15) is 0 Å². The van der Waals surface area contributed by atoms with Crippen LogP contribution in [0.2, 0.25) is 0 Å². The average molecular weight is 890 g/mol. The van der Waals surface area contributed by atoms with Crippen LogP contribution in [0.5, 0.6) is 0 Å². The van der Waals surface area contributed by atoms with Gasteiger partial charge in [0.25, 0.3) is 0 Å². The highest BCUT2D eigenvalue weighted by molar-refractivity contribution is 14.2. The summed E-state index contributed by atoms with van der Waals surface area (Å²) in [6.07, 6.45) is 24.8. The molecule has 0 N–H and O–H groups in total. The molecule has 0 heterocycles. The Morgan fingerprint density at radius 2 is 0.719 bits per heavy atom. The summed E-state index contributed by atoms with van der Waals surface area (Å²) in [6, 6.07) is 0. The van der Waals surface area contributed by atoms with Crippen LogP contribution < -0.4 is 0 Å². The number of hydrogen-bond donors (Lipinski definition) is 0. The maximum atomic E-state index is 3.11. The highest BCUT2D eigenvalue weighted by atomic mass is 127. The van der Waals surface area contributed by atoms with Gasteiger partial charge in [-0.15, -0.1) is 0 Å². The fourth-order valence-corrected chi connectivity index (χ4v) is 15.1. The zero-order chi connectivity index (χ0) is 23.5. The molecule has 4 aliphatic carbocycles. The van der Waals surface area contributed by atoms with Gasteiger partial charge in [0.2, 0.25) is 0 Å². The summed E-state index contributed by atoms with van der Waals surface area (Å²) in [5, 5.41) is 0. The molecule has 4 heteroatoms. The van der Waals surface area contributed by atoms with Gasteiger partial charge in [-0.25, -0.2) is 0 Å². The van der Waals surface area contributed by atoms with Crippen LogP contribution in [-0.4, -0.2) is 8.27 Å². The van der Waals surface area contributed by atoms with Gasteiger partial charge in [0.05, 0.1) is 1.43 Å². The van der Waals surface area contributed by atoms with E-state index < -0.39 is 0 Å². The Labute approximate surface area is 254 Å². The summed E-state index contributed by atoms with van der Waals surface area (Å²) in [7, 11) is 0. The summed E-state index contributed by atoms with van der Waals surface area (Å²) in [5.74, 6) is 0. The van der Waals surface area contributed by atoms with Crippen LogP contribution in [0.1, 0.15) is 137 Å². The molecule has 0 aromatic heterocycles. The van der Waals surface area contributed by atoms with Crippen LogP contribution in [0.3, 0.4) is 0 Å². The SMILES string of the molecule is CC1(I)CCCC2(C)CCC(C)(I)CCCC(C)(CC1)C13CCCCC2(CCC1)C3(I)I. The van der Waals surface area contributed by atoms with E-state index in [2.05, 4.69) is 118 Å². The third kappa shape index (κ3) is 4.54. The van der Waals surface area contributed by atoms with Crippen molar-refractivity contribution in [3.63, 3.8) is 0 Å². The molecular weight excluding hydrogens is 844 g/mol. The molecular formula is C28H46I4. The molecule has 4 aliphatic rings. The van der Waals surface area contributed by atoms with Crippen LogP contribution in [0, 0.1) is 21.7 Å². The molecule has 186 valence electrons. The minimum atomic E-state index is 0.381. The van der Waals surface area contributed by atoms with Crippen molar-refractivity contribution in [3.05, 3.63) is 0 Å². The van der Waals surface area contributed by atoms with Crippen LogP contribution in [0.15, 0.2) is 0 Å². The molecule has 4 fully saturated rings. The Bertz CT molecular complexity index is 644. The summed E-state index contributed by atoms with van der Waals surface area (Å²) in [4.78, 5) is 0. The average Bonchev–Trinajstić information content (AvgIpc) is 2.76. The van der Waals surface area contributed by atoms with Gasteiger partial charge in [-0.05, 0) is 98.7 Å². The quantitative estimate of drug-likeness (QED) is 0.168. The van der Waals surface area contributed by atoms with E-state index in [1.807, 2.05) is 0 Å².